The van der Waals surface area contributed by atoms with Crippen LogP contribution in [-0.2, 0) is 17.6 Å². The SMILES string of the molecule is O=C(O)C(Cc1ccc(F)cc1)Cc1ccc(Cl)c(F)c1. The molecular formula is C16H13ClF2O2. The van der Waals surface area contributed by atoms with Gasteiger partial charge in [-0.05, 0) is 48.2 Å². The molecule has 2 nitrogen and oxygen atoms in total. The van der Waals surface area contributed by atoms with E-state index in [1.807, 2.05) is 0 Å². The number of carboxylic acids is 1. The van der Waals surface area contributed by atoms with Crippen molar-refractivity contribution in [3.05, 3.63) is 70.2 Å². The second-order valence-electron chi connectivity index (χ2n) is 4.82. The third-order valence-corrected chi connectivity index (χ3v) is 3.52. The maximum absolute atomic E-state index is 13.4. The molecule has 1 unspecified atom stereocenters. The van der Waals surface area contributed by atoms with Gasteiger partial charge in [0.1, 0.15) is 11.6 Å². The summed E-state index contributed by atoms with van der Waals surface area (Å²) in [7, 11) is 0. The van der Waals surface area contributed by atoms with Gasteiger partial charge in [0.15, 0.2) is 0 Å². The monoisotopic (exact) mass is 310 g/mol. The number of aliphatic carboxylic acids is 1. The molecule has 0 aliphatic rings. The summed E-state index contributed by atoms with van der Waals surface area (Å²) in [4.78, 5) is 11.3. The van der Waals surface area contributed by atoms with E-state index >= 15 is 0 Å². The van der Waals surface area contributed by atoms with Crippen molar-refractivity contribution in [3.63, 3.8) is 0 Å². The first-order valence-electron chi connectivity index (χ1n) is 6.37. The first-order chi connectivity index (χ1) is 9.95. The minimum absolute atomic E-state index is 0.00385. The molecule has 110 valence electrons. The molecule has 2 aromatic rings. The Bertz CT molecular complexity index is 641. The fourth-order valence-corrected chi connectivity index (χ4v) is 2.22. The molecule has 5 heteroatoms. The molecular weight excluding hydrogens is 298 g/mol. The van der Waals surface area contributed by atoms with Crippen molar-refractivity contribution in [2.75, 3.05) is 0 Å². The molecule has 0 aliphatic heterocycles. The summed E-state index contributed by atoms with van der Waals surface area (Å²) < 4.78 is 26.2. The smallest absolute Gasteiger partial charge is 0.307 e. The Labute approximate surface area is 126 Å². The number of rotatable bonds is 5. The summed E-state index contributed by atoms with van der Waals surface area (Å²) >= 11 is 5.60. The number of halogens is 3. The Morgan fingerprint density at radius 3 is 2.19 bits per heavy atom. The van der Waals surface area contributed by atoms with Crippen LogP contribution in [0.4, 0.5) is 8.78 Å². The van der Waals surface area contributed by atoms with Crippen LogP contribution in [0.1, 0.15) is 11.1 Å². The van der Waals surface area contributed by atoms with Gasteiger partial charge in [0.25, 0.3) is 0 Å². The van der Waals surface area contributed by atoms with Crippen molar-refractivity contribution in [1.82, 2.24) is 0 Å². The number of benzene rings is 2. The van der Waals surface area contributed by atoms with Gasteiger partial charge in [0.2, 0.25) is 0 Å². The van der Waals surface area contributed by atoms with Gasteiger partial charge in [-0.25, -0.2) is 8.78 Å². The minimum atomic E-state index is -0.977. The highest BCUT2D eigenvalue weighted by molar-refractivity contribution is 6.30. The van der Waals surface area contributed by atoms with E-state index in [1.165, 1.54) is 24.3 Å². The van der Waals surface area contributed by atoms with E-state index < -0.39 is 17.7 Å². The fraction of sp³-hybridized carbons (Fsp3) is 0.188. The van der Waals surface area contributed by atoms with E-state index in [2.05, 4.69) is 0 Å². The second kappa shape index (κ2) is 6.68. The van der Waals surface area contributed by atoms with E-state index in [0.717, 1.165) is 5.56 Å². The van der Waals surface area contributed by atoms with Crippen molar-refractivity contribution >= 4 is 17.6 Å². The van der Waals surface area contributed by atoms with Crippen molar-refractivity contribution in [2.45, 2.75) is 12.8 Å². The van der Waals surface area contributed by atoms with Gasteiger partial charge < -0.3 is 5.11 Å². The maximum atomic E-state index is 13.4. The molecule has 2 aromatic carbocycles. The first-order valence-corrected chi connectivity index (χ1v) is 6.74. The van der Waals surface area contributed by atoms with E-state index in [9.17, 15) is 18.7 Å². The minimum Gasteiger partial charge on any atom is -0.481 e. The molecule has 0 saturated heterocycles. The average Bonchev–Trinajstić information content (AvgIpc) is 2.44. The molecule has 0 radical (unpaired) electrons. The van der Waals surface area contributed by atoms with E-state index in [0.29, 0.717) is 5.56 Å². The van der Waals surface area contributed by atoms with Gasteiger partial charge in [-0.2, -0.15) is 0 Å². The fourth-order valence-electron chi connectivity index (χ4n) is 2.10. The molecule has 0 amide bonds. The van der Waals surface area contributed by atoms with Gasteiger partial charge in [-0.1, -0.05) is 29.8 Å². The predicted octanol–water partition coefficient (Wildman–Crippen LogP) is 4.10. The van der Waals surface area contributed by atoms with Crippen LogP contribution in [0.2, 0.25) is 5.02 Å². The Hall–Kier alpha value is -1.94. The molecule has 0 heterocycles. The first kappa shape index (κ1) is 15.4. The second-order valence-corrected chi connectivity index (χ2v) is 5.23. The highest BCUT2D eigenvalue weighted by Gasteiger charge is 2.19. The van der Waals surface area contributed by atoms with E-state index in [4.69, 9.17) is 11.6 Å². The van der Waals surface area contributed by atoms with Crippen LogP contribution < -0.4 is 0 Å². The van der Waals surface area contributed by atoms with Gasteiger partial charge in [-0.3, -0.25) is 4.79 Å². The van der Waals surface area contributed by atoms with Crippen LogP contribution in [0.5, 0.6) is 0 Å². The quantitative estimate of drug-likeness (QED) is 0.902. The molecule has 1 N–H and O–H groups in total. The molecule has 0 saturated carbocycles. The molecule has 21 heavy (non-hydrogen) atoms. The molecule has 0 spiro atoms. The van der Waals surface area contributed by atoms with Crippen molar-refractivity contribution in [2.24, 2.45) is 5.92 Å². The Kier molecular flexibility index (Phi) is 4.91. The zero-order valence-corrected chi connectivity index (χ0v) is 11.8. The Morgan fingerprint density at radius 2 is 1.62 bits per heavy atom. The van der Waals surface area contributed by atoms with Crippen molar-refractivity contribution in [1.29, 1.82) is 0 Å². The zero-order chi connectivity index (χ0) is 15.4. The lowest BCUT2D eigenvalue weighted by atomic mass is 9.92. The lowest BCUT2D eigenvalue weighted by Gasteiger charge is -2.13. The number of carbonyl (C=O) groups is 1. The number of hydrogen-bond donors (Lipinski definition) is 1. The predicted molar refractivity (Wildman–Crippen MR) is 76.3 cm³/mol. The van der Waals surface area contributed by atoms with Crippen molar-refractivity contribution < 1.29 is 18.7 Å². The number of hydrogen-bond acceptors (Lipinski definition) is 1. The number of carboxylic acid groups (broad SMARTS) is 1. The standard InChI is InChI=1S/C16H13ClF2O2/c17-14-6-3-11(9-15(14)19)8-12(16(20)21)7-10-1-4-13(18)5-2-10/h1-6,9,12H,7-8H2,(H,20,21). The van der Waals surface area contributed by atoms with E-state index in [-0.39, 0.29) is 23.7 Å². The summed E-state index contributed by atoms with van der Waals surface area (Å²) in [5, 5.41) is 9.28. The van der Waals surface area contributed by atoms with E-state index in [1.54, 1.807) is 18.2 Å². The van der Waals surface area contributed by atoms with Crippen LogP contribution in [-0.4, -0.2) is 11.1 Å². The highest BCUT2D eigenvalue weighted by atomic mass is 35.5. The van der Waals surface area contributed by atoms with Gasteiger partial charge in [0.05, 0.1) is 10.9 Å². The van der Waals surface area contributed by atoms with Crippen LogP contribution in [0.25, 0.3) is 0 Å². The largest absolute Gasteiger partial charge is 0.481 e. The summed E-state index contributed by atoms with van der Waals surface area (Å²) in [6, 6.07) is 9.92. The average molecular weight is 311 g/mol. The van der Waals surface area contributed by atoms with Gasteiger partial charge in [-0.15, -0.1) is 0 Å². The Morgan fingerprint density at radius 1 is 1.05 bits per heavy atom. The van der Waals surface area contributed by atoms with Crippen LogP contribution in [0.15, 0.2) is 42.5 Å². The Balaban J connectivity index is 2.13. The van der Waals surface area contributed by atoms with Gasteiger partial charge >= 0.3 is 5.97 Å². The summed E-state index contributed by atoms with van der Waals surface area (Å²) in [5.41, 5.74) is 1.28. The summed E-state index contributed by atoms with van der Waals surface area (Å²) in [5.74, 6) is -2.63. The van der Waals surface area contributed by atoms with Crippen molar-refractivity contribution in [3.8, 4) is 0 Å². The third kappa shape index (κ3) is 4.26. The molecule has 0 aliphatic carbocycles. The zero-order valence-electron chi connectivity index (χ0n) is 11.0. The van der Waals surface area contributed by atoms with Crippen LogP contribution >= 0.6 is 11.6 Å². The maximum Gasteiger partial charge on any atom is 0.307 e. The molecule has 0 bridgehead atoms. The molecule has 0 aromatic heterocycles. The lowest BCUT2D eigenvalue weighted by Crippen LogP contribution is -2.19. The summed E-state index contributed by atoms with van der Waals surface area (Å²) in [6.45, 7) is 0. The topological polar surface area (TPSA) is 37.3 Å². The molecule has 1 atom stereocenters. The van der Waals surface area contributed by atoms with Crippen LogP contribution in [0, 0.1) is 17.6 Å². The normalized spacial score (nSPS) is 12.1. The highest BCUT2D eigenvalue weighted by Crippen LogP contribution is 2.20. The summed E-state index contributed by atoms with van der Waals surface area (Å²) in [6.07, 6.45) is 0.431. The molecule has 2 rings (SSSR count). The lowest BCUT2D eigenvalue weighted by molar-refractivity contribution is -0.141. The third-order valence-electron chi connectivity index (χ3n) is 3.21. The molecule has 0 fully saturated rings. The van der Waals surface area contributed by atoms with Gasteiger partial charge in [0, 0.05) is 0 Å². The van der Waals surface area contributed by atoms with Crippen LogP contribution in [0.3, 0.4) is 0 Å².